The summed E-state index contributed by atoms with van der Waals surface area (Å²) in [6.45, 7) is 2.27. The van der Waals surface area contributed by atoms with Crippen molar-refractivity contribution in [3.8, 4) is 0 Å². The van der Waals surface area contributed by atoms with Gasteiger partial charge in [-0.05, 0) is 30.5 Å². The van der Waals surface area contributed by atoms with Crippen molar-refractivity contribution in [3.63, 3.8) is 0 Å². The molecule has 4 rings (SSSR count). The lowest BCUT2D eigenvalue weighted by Gasteiger charge is -2.16. The molecule has 8 heteroatoms. The molecule has 2 amide bonds. The van der Waals surface area contributed by atoms with Crippen LogP contribution in [-0.4, -0.2) is 34.9 Å². The van der Waals surface area contributed by atoms with Gasteiger partial charge < -0.3 is 15.5 Å². The van der Waals surface area contributed by atoms with Crippen LogP contribution in [0.2, 0.25) is 5.02 Å². The van der Waals surface area contributed by atoms with Crippen molar-refractivity contribution >= 4 is 35.1 Å². The fourth-order valence-corrected chi connectivity index (χ4v) is 3.24. The van der Waals surface area contributed by atoms with Gasteiger partial charge in [0.1, 0.15) is 0 Å². The number of rotatable bonds is 3. The highest BCUT2D eigenvalue weighted by molar-refractivity contribution is 6.34. The van der Waals surface area contributed by atoms with Crippen LogP contribution in [0.5, 0.6) is 0 Å². The van der Waals surface area contributed by atoms with Gasteiger partial charge in [0.2, 0.25) is 5.95 Å². The number of amides is 2. The van der Waals surface area contributed by atoms with E-state index in [1.165, 1.54) is 6.20 Å². The third kappa shape index (κ3) is 3.02. The predicted molar refractivity (Wildman–Crippen MR) is 94.1 cm³/mol. The molecular weight excluding hydrogens is 342 g/mol. The SMILES string of the molecule is O=C1NCc2ccc(NC(=O)c3nc(N4CCCC4)ncc3Cl)cc21. The highest BCUT2D eigenvalue weighted by Gasteiger charge is 2.22. The Morgan fingerprint density at radius 2 is 2.08 bits per heavy atom. The van der Waals surface area contributed by atoms with Crippen molar-refractivity contribution < 1.29 is 9.59 Å². The summed E-state index contributed by atoms with van der Waals surface area (Å²) in [5, 5.41) is 5.69. The van der Waals surface area contributed by atoms with Gasteiger partial charge in [-0.3, -0.25) is 9.59 Å². The Morgan fingerprint density at radius 3 is 2.88 bits per heavy atom. The summed E-state index contributed by atoms with van der Waals surface area (Å²) in [4.78, 5) is 34.9. The smallest absolute Gasteiger partial charge is 0.276 e. The first-order valence-corrected chi connectivity index (χ1v) is 8.49. The van der Waals surface area contributed by atoms with Crippen LogP contribution >= 0.6 is 11.6 Å². The summed E-state index contributed by atoms with van der Waals surface area (Å²) in [5.74, 6) is -0.0472. The molecule has 2 aromatic rings. The number of benzene rings is 1. The van der Waals surface area contributed by atoms with Crippen molar-refractivity contribution in [2.45, 2.75) is 19.4 Å². The van der Waals surface area contributed by atoms with E-state index in [2.05, 4.69) is 20.6 Å². The van der Waals surface area contributed by atoms with Crippen LogP contribution in [0, 0.1) is 0 Å². The van der Waals surface area contributed by atoms with Gasteiger partial charge in [0.05, 0.1) is 11.2 Å². The number of carbonyl (C=O) groups is 2. The van der Waals surface area contributed by atoms with Gasteiger partial charge in [-0.2, -0.15) is 0 Å². The molecule has 128 valence electrons. The molecule has 0 bridgehead atoms. The summed E-state index contributed by atoms with van der Waals surface area (Å²) in [7, 11) is 0. The molecule has 0 unspecified atom stereocenters. The Morgan fingerprint density at radius 1 is 1.28 bits per heavy atom. The second-order valence-electron chi connectivity index (χ2n) is 6.07. The van der Waals surface area contributed by atoms with Gasteiger partial charge in [0, 0.05) is 30.9 Å². The maximum atomic E-state index is 12.6. The first-order valence-electron chi connectivity index (χ1n) is 8.12. The number of hydrogen-bond acceptors (Lipinski definition) is 5. The lowest BCUT2D eigenvalue weighted by molar-refractivity contribution is 0.0964. The molecule has 2 aliphatic rings. The number of halogens is 1. The number of anilines is 2. The summed E-state index contributed by atoms with van der Waals surface area (Å²) >= 11 is 6.11. The molecule has 0 aliphatic carbocycles. The zero-order valence-electron chi connectivity index (χ0n) is 13.4. The first-order chi connectivity index (χ1) is 12.1. The first kappa shape index (κ1) is 15.8. The third-order valence-corrected chi connectivity index (χ3v) is 4.66. The minimum absolute atomic E-state index is 0.128. The summed E-state index contributed by atoms with van der Waals surface area (Å²) < 4.78 is 0. The molecule has 0 atom stereocenters. The minimum atomic E-state index is -0.425. The second-order valence-corrected chi connectivity index (χ2v) is 6.48. The molecule has 0 radical (unpaired) electrons. The molecule has 1 aromatic carbocycles. The highest BCUT2D eigenvalue weighted by atomic mass is 35.5. The molecule has 25 heavy (non-hydrogen) atoms. The summed E-state index contributed by atoms with van der Waals surface area (Å²) in [6, 6.07) is 5.24. The Labute approximate surface area is 149 Å². The van der Waals surface area contributed by atoms with E-state index in [1.807, 2.05) is 11.0 Å². The molecule has 1 saturated heterocycles. The number of aromatic nitrogens is 2. The maximum Gasteiger partial charge on any atom is 0.276 e. The topological polar surface area (TPSA) is 87.2 Å². The van der Waals surface area contributed by atoms with E-state index < -0.39 is 5.91 Å². The van der Waals surface area contributed by atoms with Crippen LogP contribution in [0.25, 0.3) is 0 Å². The van der Waals surface area contributed by atoms with Crippen molar-refractivity contribution in [3.05, 3.63) is 46.2 Å². The van der Waals surface area contributed by atoms with Gasteiger partial charge in [0.15, 0.2) is 5.69 Å². The molecule has 7 nitrogen and oxygen atoms in total. The predicted octanol–water partition coefficient (Wildman–Crippen LogP) is 2.23. The van der Waals surface area contributed by atoms with Crippen molar-refractivity contribution in [1.82, 2.24) is 15.3 Å². The van der Waals surface area contributed by atoms with Gasteiger partial charge in [-0.1, -0.05) is 17.7 Å². The molecule has 2 aliphatic heterocycles. The zero-order chi connectivity index (χ0) is 17.4. The average molecular weight is 358 g/mol. The molecule has 1 fully saturated rings. The van der Waals surface area contributed by atoms with Gasteiger partial charge in [-0.15, -0.1) is 0 Å². The van der Waals surface area contributed by atoms with E-state index in [0.29, 0.717) is 23.7 Å². The van der Waals surface area contributed by atoms with E-state index in [9.17, 15) is 9.59 Å². The average Bonchev–Trinajstić information content (AvgIpc) is 3.26. The van der Waals surface area contributed by atoms with E-state index >= 15 is 0 Å². The summed E-state index contributed by atoms with van der Waals surface area (Å²) in [5.41, 5.74) is 2.14. The van der Waals surface area contributed by atoms with Crippen molar-refractivity contribution in [2.75, 3.05) is 23.3 Å². The number of fused-ring (bicyclic) bond motifs is 1. The largest absolute Gasteiger partial charge is 0.348 e. The molecule has 2 N–H and O–H groups in total. The molecule has 3 heterocycles. The standard InChI is InChI=1S/C17H16ClN5O2/c18-13-9-20-17(23-5-1-2-6-23)22-14(13)16(25)21-11-4-3-10-8-19-15(24)12(10)7-11/h3-4,7,9H,1-2,5-6,8H2,(H,19,24)(H,21,25). The summed E-state index contributed by atoms with van der Waals surface area (Å²) in [6.07, 6.45) is 3.63. The Balaban J connectivity index is 1.58. The Kier molecular flexibility index (Phi) is 4.01. The Hall–Kier alpha value is -2.67. The zero-order valence-corrected chi connectivity index (χ0v) is 14.1. The molecule has 0 spiro atoms. The van der Waals surface area contributed by atoms with Crippen LogP contribution in [0.4, 0.5) is 11.6 Å². The van der Waals surface area contributed by atoms with E-state index in [1.54, 1.807) is 12.1 Å². The van der Waals surface area contributed by atoms with Gasteiger partial charge >= 0.3 is 0 Å². The second kappa shape index (κ2) is 6.33. The number of hydrogen-bond donors (Lipinski definition) is 2. The number of nitrogens with zero attached hydrogens (tertiary/aromatic N) is 3. The van der Waals surface area contributed by atoms with Gasteiger partial charge in [0.25, 0.3) is 11.8 Å². The minimum Gasteiger partial charge on any atom is -0.348 e. The fraction of sp³-hybridized carbons (Fsp3) is 0.294. The van der Waals surface area contributed by atoms with E-state index in [-0.39, 0.29) is 16.6 Å². The van der Waals surface area contributed by atoms with Crippen LogP contribution in [-0.2, 0) is 6.54 Å². The molecular formula is C17H16ClN5O2. The maximum absolute atomic E-state index is 12.6. The lowest BCUT2D eigenvalue weighted by Crippen LogP contribution is -2.23. The van der Waals surface area contributed by atoms with E-state index in [4.69, 9.17) is 11.6 Å². The van der Waals surface area contributed by atoms with Gasteiger partial charge in [-0.25, -0.2) is 9.97 Å². The highest BCUT2D eigenvalue weighted by Crippen LogP contribution is 2.23. The van der Waals surface area contributed by atoms with Crippen molar-refractivity contribution in [2.24, 2.45) is 0 Å². The third-order valence-electron chi connectivity index (χ3n) is 4.39. The monoisotopic (exact) mass is 357 g/mol. The lowest BCUT2D eigenvalue weighted by atomic mass is 10.1. The van der Waals surface area contributed by atoms with Crippen LogP contribution in [0.1, 0.15) is 39.3 Å². The quantitative estimate of drug-likeness (QED) is 0.879. The fourth-order valence-electron chi connectivity index (χ4n) is 3.07. The van der Waals surface area contributed by atoms with Crippen LogP contribution in [0.15, 0.2) is 24.4 Å². The van der Waals surface area contributed by atoms with Crippen molar-refractivity contribution in [1.29, 1.82) is 0 Å². The van der Waals surface area contributed by atoms with Crippen LogP contribution in [0.3, 0.4) is 0 Å². The molecule has 1 aromatic heterocycles. The number of nitrogens with one attached hydrogen (secondary N) is 2. The normalized spacial score (nSPS) is 15.9. The van der Waals surface area contributed by atoms with Crippen LogP contribution < -0.4 is 15.5 Å². The van der Waals surface area contributed by atoms with E-state index in [0.717, 1.165) is 31.5 Å². The Bertz CT molecular complexity index is 864. The number of carbonyl (C=O) groups excluding carboxylic acids is 2. The molecule has 0 saturated carbocycles.